The molecule has 0 aliphatic heterocycles. The summed E-state index contributed by atoms with van der Waals surface area (Å²) in [5.41, 5.74) is 6.34. The highest BCUT2D eigenvalue weighted by molar-refractivity contribution is 9.11. The minimum atomic E-state index is 0.148. The van der Waals surface area contributed by atoms with E-state index in [-0.39, 0.29) is 6.04 Å². The van der Waals surface area contributed by atoms with Crippen molar-refractivity contribution in [2.45, 2.75) is 59.5 Å². The second-order valence-electron chi connectivity index (χ2n) is 6.85. The van der Waals surface area contributed by atoms with Crippen LogP contribution in [0.2, 0.25) is 0 Å². The quantitative estimate of drug-likeness (QED) is 0.635. The van der Waals surface area contributed by atoms with Crippen molar-refractivity contribution in [3.63, 3.8) is 0 Å². The van der Waals surface area contributed by atoms with Gasteiger partial charge in [-0.05, 0) is 72.8 Å². The van der Waals surface area contributed by atoms with Crippen LogP contribution in [0.3, 0.4) is 0 Å². The van der Waals surface area contributed by atoms with Crippen molar-refractivity contribution in [1.82, 2.24) is 4.90 Å². The molecule has 0 amide bonds. The van der Waals surface area contributed by atoms with E-state index in [2.05, 4.69) is 67.6 Å². The number of rotatable bonds is 9. The highest BCUT2D eigenvalue weighted by atomic mass is 79.9. The number of hydrogen-bond donors (Lipinski definition) is 1. The van der Waals surface area contributed by atoms with E-state index < -0.39 is 0 Å². The first-order chi connectivity index (χ1) is 9.81. The molecule has 0 aliphatic rings. The van der Waals surface area contributed by atoms with Gasteiger partial charge < -0.3 is 5.73 Å². The van der Waals surface area contributed by atoms with Gasteiger partial charge in [-0.25, -0.2) is 0 Å². The summed E-state index contributed by atoms with van der Waals surface area (Å²) in [4.78, 5) is 3.98. The standard InChI is InChI=1S/C17H31BrN2S/c1-12(2)8-10-20(11-9-13(3)4)17(14(5)19)15-6-7-16(18)21-15/h6-7,12-14,17H,8-11,19H2,1-5H3. The summed E-state index contributed by atoms with van der Waals surface area (Å²) in [6, 6.07) is 4.84. The molecule has 21 heavy (non-hydrogen) atoms. The molecule has 4 heteroatoms. The molecule has 1 heterocycles. The van der Waals surface area contributed by atoms with Crippen LogP contribution in [-0.4, -0.2) is 24.0 Å². The van der Waals surface area contributed by atoms with Crippen molar-refractivity contribution < 1.29 is 0 Å². The maximum Gasteiger partial charge on any atom is 0.0702 e. The average molecular weight is 375 g/mol. The normalized spacial score (nSPS) is 15.1. The Kier molecular flexibility index (Phi) is 8.47. The third kappa shape index (κ3) is 6.81. The highest BCUT2D eigenvalue weighted by Gasteiger charge is 2.25. The number of thiophene rings is 1. The van der Waals surface area contributed by atoms with Gasteiger partial charge in [0.1, 0.15) is 0 Å². The molecule has 0 aromatic carbocycles. The minimum absolute atomic E-state index is 0.148. The molecule has 0 aliphatic carbocycles. The second-order valence-corrected chi connectivity index (χ2v) is 9.34. The lowest BCUT2D eigenvalue weighted by Crippen LogP contribution is -2.40. The average Bonchev–Trinajstić information content (AvgIpc) is 2.77. The van der Waals surface area contributed by atoms with Crippen molar-refractivity contribution in [2.75, 3.05) is 13.1 Å². The lowest BCUT2D eigenvalue weighted by atomic mass is 10.0. The van der Waals surface area contributed by atoms with Crippen LogP contribution in [-0.2, 0) is 0 Å². The molecule has 0 fully saturated rings. The van der Waals surface area contributed by atoms with E-state index >= 15 is 0 Å². The van der Waals surface area contributed by atoms with Gasteiger partial charge in [0.15, 0.2) is 0 Å². The molecule has 0 saturated carbocycles. The molecule has 0 bridgehead atoms. The van der Waals surface area contributed by atoms with E-state index in [9.17, 15) is 0 Å². The Labute approximate surface area is 143 Å². The molecule has 0 spiro atoms. The van der Waals surface area contributed by atoms with Gasteiger partial charge in [-0.1, -0.05) is 27.7 Å². The van der Waals surface area contributed by atoms with E-state index in [4.69, 9.17) is 5.73 Å². The highest BCUT2D eigenvalue weighted by Crippen LogP contribution is 2.33. The fourth-order valence-electron chi connectivity index (χ4n) is 2.50. The van der Waals surface area contributed by atoms with Gasteiger partial charge >= 0.3 is 0 Å². The Hall–Kier alpha value is 0.1000. The first-order valence-corrected chi connectivity index (χ1v) is 9.67. The summed E-state index contributed by atoms with van der Waals surface area (Å²) in [5.74, 6) is 1.46. The largest absolute Gasteiger partial charge is 0.326 e. The van der Waals surface area contributed by atoms with E-state index in [1.54, 1.807) is 0 Å². The van der Waals surface area contributed by atoms with Crippen molar-refractivity contribution in [3.8, 4) is 0 Å². The number of halogens is 1. The van der Waals surface area contributed by atoms with Gasteiger partial charge in [-0.2, -0.15) is 0 Å². The minimum Gasteiger partial charge on any atom is -0.326 e. The van der Waals surface area contributed by atoms with Gasteiger partial charge in [0, 0.05) is 10.9 Å². The van der Waals surface area contributed by atoms with E-state index in [1.165, 1.54) is 21.5 Å². The van der Waals surface area contributed by atoms with Crippen LogP contribution in [0.15, 0.2) is 15.9 Å². The van der Waals surface area contributed by atoms with Gasteiger partial charge in [0.05, 0.1) is 9.83 Å². The summed E-state index contributed by atoms with van der Waals surface area (Å²) in [5, 5.41) is 0. The van der Waals surface area contributed by atoms with Crippen molar-refractivity contribution >= 4 is 27.3 Å². The first kappa shape index (κ1) is 19.1. The third-order valence-electron chi connectivity index (χ3n) is 3.76. The van der Waals surface area contributed by atoms with E-state index in [1.807, 2.05) is 11.3 Å². The molecule has 1 rings (SSSR count). The number of nitrogens with two attached hydrogens (primary N) is 1. The second kappa shape index (κ2) is 9.29. The zero-order valence-corrected chi connectivity index (χ0v) is 16.5. The Morgan fingerprint density at radius 2 is 1.57 bits per heavy atom. The predicted molar refractivity (Wildman–Crippen MR) is 98.9 cm³/mol. The van der Waals surface area contributed by atoms with Crippen LogP contribution in [0.25, 0.3) is 0 Å². The monoisotopic (exact) mass is 374 g/mol. The fourth-order valence-corrected chi connectivity index (χ4v) is 4.17. The SMILES string of the molecule is CC(C)CCN(CCC(C)C)C(c1ccc(Br)s1)C(C)N. The maximum atomic E-state index is 6.34. The van der Waals surface area contributed by atoms with Crippen LogP contribution in [0.1, 0.15) is 58.4 Å². The van der Waals surface area contributed by atoms with Gasteiger partial charge in [0.25, 0.3) is 0 Å². The molecule has 1 aromatic heterocycles. The Morgan fingerprint density at radius 1 is 1.05 bits per heavy atom. The summed E-state index contributed by atoms with van der Waals surface area (Å²) in [7, 11) is 0. The number of hydrogen-bond acceptors (Lipinski definition) is 3. The molecule has 2 unspecified atom stereocenters. The van der Waals surface area contributed by atoms with Crippen molar-refractivity contribution in [2.24, 2.45) is 17.6 Å². The summed E-state index contributed by atoms with van der Waals surface area (Å²) < 4.78 is 1.19. The van der Waals surface area contributed by atoms with Crippen LogP contribution >= 0.6 is 27.3 Å². The number of nitrogens with zero attached hydrogens (tertiary/aromatic N) is 1. The third-order valence-corrected chi connectivity index (χ3v) is 5.46. The van der Waals surface area contributed by atoms with Gasteiger partial charge in [-0.3, -0.25) is 4.90 Å². The molecule has 0 saturated heterocycles. The molecule has 2 N–H and O–H groups in total. The lowest BCUT2D eigenvalue weighted by Gasteiger charge is -2.34. The molecular weight excluding hydrogens is 344 g/mol. The molecule has 0 radical (unpaired) electrons. The Balaban J connectivity index is 2.87. The molecule has 2 nitrogen and oxygen atoms in total. The molecule has 2 atom stereocenters. The Bertz CT molecular complexity index is 389. The summed E-state index contributed by atoms with van der Waals surface area (Å²) in [6.07, 6.45) is 2.46. The van der Waals surface area contributed by atoms with Gasteiger partial charge in [-0.15, -0.1) is 11.3 Å². The predicted octanol–water partition coefficient (Wildman–Crippen LogP) is 5.29. The van der Waals surface area contributed by atoms with E-state index in [0.717, 1.165) is 24.9 Å². The fraction of sp³-hybridized carbons (Fsp3) is 0.765. The van der Waals surface area contributed by atoms with Crippen LogP contribution in [0, 0.1) is 11.8 Å². The van der Waals surface area contributed by atoms with Gasteiger partial charge in [0.2, 0.25) is 0 Å². The maximum absolute atomic E-state index is 6.34. The van der Waals surface area contributed by atoms with Crippen LogP contribution < -0.4 is 5.73 Å². The van der Waals surface area contributed by atoms with Crippen molar-refractivity contribution in [3.05, 3.63) is 20.8 Å². The zero-order chi connectivity index (χ0) is 16.0. The smallest absolute Gasteiger partial charge is 0.0702 e. The first-order valence-electron chi connectivity index (χ1n) is 8.06. The lowest BCUT2D eigenvalue weighted by molar-refractivity contribution is 0.161. The van der Waals surface area contributed by atoms with Crippen LogP contribution in [0.4, 0.5) is 0 Å². The topological polar surface area (TPSA) is 29.3 Å². The Morgan fingerprint density at radius 3 is 1.90 bits per heavy atom. The zero-order valence-electron chi connectivity index (χ0n) is 14.1. The molecule has 1 aromatic rings. The summed E-state index contributed by atoms with van der Waals surface area (Å²) in [6.45, 7) is 13.6. The van der Waals surface area contributed by atoms with Crippen molar-refractivity contribution in [1.29, 1.82) is 0 Å². The summed E-state index contributed by atoms with van der Waals surface area (Å²) >= 11 is 5.40. The molecule has 122 valence electrons. The van der Waals surface area contributed by atoms with E-state index in [0.29, 0.717) is 6.04 Å². The molecular formula is C17H31BrN2S. The van der Waals surface area contributed by atoms with Crippen LogP contribution in [0.5, 0.6) is 0 Å².